The molecule has 0 N–H and O–H groups in total. The first kappa shape index (κ1) is 68.3. The van der Waals surface area contributed by atoms with Crippen molar-refractivity contribution in [1.29, 1.82) is 0 Å². The zero-order chi connectivity index (χ0) is 80.6. The molecule has 570 valence electrons. The van der Waals surface area contributed by atoms with Gasteiger partial charge in [0, 0.05) is 65.9 Å². The molecule has 0 unspecified atom stereocenters. The molecule has 0 fully saturated rings. The molecule has 6 heteroatoms. The lowest BCUT2D eigenvalue weighted by molar-refractivity contribution is 0.747. The molecule has 30 rings (SSSR count). The summed E-state index contributed by atoms with van der Waals surface area (Å²) in [6, 6.07) is 145. The molecule has 12 heterocycles. The summed E-state index contributed by atoms with van der Waals surface area (Å²) in [5.41, 5.74) is 53.9. The fraction of sp³-hybridized carbons (Fsp3) is 0.0769. The van der Waals surface area contributed by atoms with Gasteiger partial charge >= 0.3 is 0 Å². The molecule has 123 heavy (non-hydrogen) atoms. The molecule has 0 aliphatic carbocycles. The molecule has 0 atom stereocenters. The molecule has 9 aliphatic heterocycles. The van der Waals surface area contributed by atoms with Gasteiger partial charge in [0.15, 0.2) is 0 Å². The summed E-state index contributed by atoms with van der Waals surface area (Å²) in [5.74, 6) is 0. The summed E-state index contributed by atoms with van der Waals surface area (Å²) in [7, 11) is 0. The number of nitrogens with zero attached hydrogens (tertiary/aromatic N) is 3. The van der Waals surface area contributed by atoms with E-state index in [2.05, 4.69) is 417 Å². The van der Waals surface area contributed by atoms with E-state index in [0.29, 0.717) is 0 Å². The molecule has 3 nitrogen and oxygen atoms in total. The second-order valence-corrected chi connectivity index (χ2v) is 36.2. The monoisotopic (exact) mass is 1560 g/mol. The van der Waals surface area contributed by atoms with Crippen LogP contribution >= 0.6 is 0 Å². The van der Waals surface area contributed by atoms with Crippen molar-refractivity contribution in [2.75, 3.05) is 0 Å². The summed E-state index contributed by atoms with van der Waals surface area (Å²) >= 11 is 0. The zero-order valence-electron chi connectivity index (χ0n) is 68.6. The molecule has 0 saturated heterocycles. The Hall–Kier alpha value is -14.4. The van der Waals surface area contributed by atoms with E-state index in [0.717, 1.165) is 19.3 Å². The van der Waals surface area contributed by atoms with Gasteiger partial charge in [-0.3, -0.25) is 0 Å². The Morgan fingerprint density at radius 2 is 0.537 bits per heavy atom. The Kier molecular flexibility index (Phi) is 13.7. The zero-order valence-corrected chi connectivity index (χ0v) is 68.6. The Bertz CT molecular complexity index is 8140. The van der Waals surface area contributed by atoms with Crippen LogP contribution in [0.2, 0.25) is 0 Å². The standard InChI is InChI=1S/3C39H26BN/c1-24-11-8-17-29-30-22-21-26-23-25-12-9-18-31-34(25)40-35(26)38(30)41(37(24)29)33-20-10-19-32(36(33)40)39(31,27-13-4-2-5-14-27)28-15-6-3-7-16-28;1-24-18-20-29-30-21-19-26-23-25-10-8-15-31-35(25)40-36(26)38(30)41(34(29)22-24)33-17-9-16-32(37(33)40)39(31,27-11-4-2-5-12-27)28-13-6-3-7-14-28;1-24-19-22-32-36-37(24)41-33-18-9-8-16-29(33)30-21-20-26-23-25-11-10-17-31(34(25)40(36)35(26)38(30)41)39(32,27-12-4-2-5-13-27)28-14-6-3-7-15-28/h3*2-22H,23H2,1H3. The SMILES string of the molecule is Cc1ccc2c3c1-n1c4ccccc4c4ccc5c(c41)B3c1c(cccc1C2(c1ccccc1)c1ccccc1)C5.Cc1ccc2c3ccc4c5c3n(c2c1)-c1cccc2c1B5c1c(cccc1C2(c1ccccc1)c1ccccc1)C4.Cc1cccc2c3ccc4c5c3n(c12)-c1cccc2c1B5c1c(cccc1C2(c1ccccc1)c1ccccc1)C4. The number of para-hydroxylation sites is 2. The van der Waals surface area contributed by atoms with Crippen molar-refractivity contribution >= 4 is 135 Å². The van der Waals surface area contributed by atoms with Gasteiger partial charge in [0.2, 0.25) is 20.1 Å². The Balaban J connectivity index is 0.0000000946. The van der Waals surface area contributed by atoms with E-state index >= 15 is 0 Å². The molecular formula is C117H78B3N3. The largest absolute Gasteiger partial charge is 0.310 e. The molecule has 0 bridgehead atoms. The summed E-state index contributed by atoms with van der Waals surface area (Å²) < 4.78 is 7.84. The third kappa shape index (κ3) is 8.41. The van der Waals surface area contributed by atoms with Crippen molar-refractivity contribution < 1.29 is 0 Å². The van der Waals surface area contributed by atoms with Crippen LogP contribution in [0.25, 0.3) is 82.5 Å². The van der Waals surface area contributed by atoms with Gasteiger partial charge in [-0.25, -0.2) is 0 Å². The van der Waals surface area contributed by atoms with Gasteiger partial charge in [0.1, 0.15) is 0 Å². The number of benzene rings is 18. The smallest absolute Gasteiger partial charge is 0.248 e. The van der Waals surface area contributed by atoms with Gasteiger partial charge in [0.25, 0.3) is 0 Å². The highest BCUT2D eigenvalue weighted by molar-refractivity contribution is 7.01. The Labute approximate surface area is 715 Å². The Morgan fingerprint density at radius 3 is 0.992 bits per heavy atom. The van der Waals surface area contributed by atoms with Crippen LogP contribution in [-0.4, -0.2) is 33.8 Å². The average molecular weight is 1560 g/mol. The molecule has 0 radical (unpaired) electrons. The van der Waals surface area contributed by atoms with Crippen LogP contribution in [0.5, 0.6) is 0 Å². The molecule has 3 aromatic heterocycles. The number of fused-ring (bicyclic) bond motifs is 12. The third-order valence-electron chi connectivity index (χ3n) is 30.7. The summed E-state index contributed by atoms with van der Waals surface area (Å²) in [6.07, 6.45) is 2.92. The van der Waals surface area contributed by atoms with E-state index in [1.54, 1.807) is 0 Å². The van der Waals surface area contributed by atoms with Crippen molar-refractivity contribution in [1.82, 2.24) is 13.7 Å². The molecule has 0 saturated carbocycles. The highest BCUT2D eigenvalue weighted by Crippen LogP contribution is 2.55. The topological polar surface area (TPSA) is 14.8 Å². The van der Waals surface area contributed by atoms with Crippen LogP contribution < -0.4 is 49.2 Å². The lowest BCUT2D eigenvalue weighted by Gasteiger charge is -2.48. The molecule has 0 spiro atoms. The lowest BCUT2D eigenvalue weighted by atomic mass is 9.27. The van der Waals surface area contributed by atoms with E-state index in [1.807, 2.05) is 0 Å². The molecule has 9 aliphatic rings. The van der Waals surface area contributed by atoms with Crippen molar-refractivity contribution in [2.45, 2.75) is 56.3 Å². The van der Waals surface area contributed by atoms with E-state index in [9.17, 15) is 0 Å². The van der Waals surface area contributed by atoms with Crippen LogP contribution in [0.4, 0.5) is 0 Å². The minimum absolute atomic E-state index is 0.232. The van der Waals surface area contributed by atoms with Crippen molar-refractivity contribution in [2.24, 2.45) is 0 Å². The molecule has 18 aromatic carbocycles. The number of hydrogen-bond donors (Lipinski definition) is 0. The van der Waals surface area contributed by atoms with Gasteiger partial charge in [-0.1, -0.05) is 374 Å². The van der Waals surface area contributed by atoms with Crippen LogP contribution in [-0.2, 0) is 35.5 Å². The fourth-order valence-corrected chi connectivity index (χ4v) is 26.5. The minimum atomic E-state index is -0.409. The minimum Gasteiger partial charge on any atom is -0.310 e. The molecule has 0 amide bonds. The molecular weight excluding hydrogens is 1480 g/mol. The first-order valence-corrected chi connectivity index (χ1v) is 44.1. The quantitative estimate of drug-likeness (QED) is 0.147. The van der Waals surface area contributed by atoms with Gasteiger partial charge in [-0.15, -0.1) is 0 Å². The summed E-state index contributed by atoms with van der Waals surface area (Å²) in [4.78, 5) is 0. The van der Waals surface area contributed by atoms with E-state index in [-0.39, 0.29) is 20.1 Å². The van der Waals surface area contributed by atoms with Crippen LogP contribution in [0.3, 0.4) is 0 Å². The van der Waals surface area contributed by atoms with Crippen LogP contribution in [0, 0.1) is 20.8 Å². The predicted octanol–water partition coefficient (Wildman–Crippen LogP) is 19.6. The maximum atomic E-state index is 2.62. The average Bonchev–Trinajstić information content (AvgIpc) is 1.66. The van der Waals surface area contributed by atoms with Crippen molar-refractivity contribution in [3.63, 3.8) is 0 Å². The molecule has 21 aromatic rings. The highest BCUT2D eigenvalue weighted by Gasteiger charge is 2.57. The first-order valence-electron chi connectivity index (χ1n) is 44.1. The predicted molar refractivity (Wildman–Crippen MR) is 514 cm³/mol. The number of aryl methyl sites for hydroxylation is 3. The van der Waals surface area contributed by atoms with Crippen molar-refractivity contribution in [3.05, 3.63) is 499 Å². The number of aromatic nitrogens is 3. The maximum Gasteiger partial charge on any atom is 0.248 e. The van der Waals surface area contributed by atoms with Crippen LogP contribution in [0.1, 0.15) is 117 Å². The first-order chi connectivity index (χ1) is 60.8. The maximum absolute atomic E-state index is 2.62. The summed E-state index contributed by atoms with van der Waals surface area (Å²) in [6.45, 7) is 7.49. The summed E-state index contributed by atoms with van der Waals surface area (Å²) in [5, 5.41) is 8.17. The second kappa shape index (κ2) is 24.7. The second-order valence-electron chi connectivity index (χ2n) is 36.2. The van der Waals surface area contributed by atoms with E-state index in [1.165, 1.54) is 248 Å². The van der Waals surface area contributed by atoms with Gasteiger partial charge in [-0.05, 0) is 214 Å². The van der Waals surface area contributed by atoms with E-state index < -0.39 is 16.2 Å². The lowest BCUT2D eigenvalue weighted by Crippen LogP contribution is -2.67. The Morgan fingerprint density at radius 1 is 0.211 bits per heavy atom. The number of rotatable bonds is 6. The van der Waals surface area contributed by atoms with Crippen molar-refractivity contribution in [3.8, 4) is 17.1 Å². The van der Waals surface area contributed by atoms with Gasteiger partial charge in [-0.2, -0.15) is 0 Å². The van der Waals surface area contributed by atoms with Gasteiger partial charge in [0.05, 0.1) is 32.8 Å². The van der Waals surface area contributed by atoms with E-state index in [4.69, 9.17) is 0 Å². The van der Waals surface area contributed by atoms with Gasteiger partial charge < -0.3 is 13.7 Å². The normalized spacial score (nSPS) is 15.0. The fourth-order valence-electron chi connectivity index (χ4n) is 26.5. The van der Waals surface area contributed by atoms with Crippen LogP contribution in [0.15, 0.2) is 382 Å². The highest BCUT2D eigenvalue weighted by atomic mass is 15.0. The number of hydrogen-bond acceptors (Lipinski definition) is 0. The third-order valence-corrected chi connectivity index (χ3v) is 30.7.